The summed E-state index contributed by atoms with van der Waals surface area (Å²) in [6.45, 7) is 1.97. The standard InChI is InChI=1S/C19H17ClN6OS2/c20-13-5-3-6-14(11-13)26-18(25-8-1-2-9-25)22-23-19(26)29-12-16-21-17(27-24-16)15-7-4-10-28-15/h3-7,10-11H,1-2,8-9,12H2. The molecule has 0 unspecified atom stereocenters. The van der Waals surface area contributed by atoms with E-state index in [2.05, 4.69) is 29.8 Å². The van der Waals surface area contributed by atoms with Crippen LogP contribution in [0.1, 0.15) is 18.7 Å². The molecule has 0 amide bonds. The summed E-state index contributed by atoms with van der Waals surface area (Å²) in [7, 11) is 0. The molecule has 5 rings (SSSR count). The molecular formula is C19H17ClN6OS2. The number of thioether (sulfide) groups is 1. The van der Waals surface area contributed by atoms with Crippen molar-refractivity contribution in [1.29, 1.82) is 0 Å². The van der Waals surface area contributed by atoms with Crippen molar-refractivity contribution >= 4 is 40.6 Å². The van der Waals surface area contributed by atoms with Gasteiger partial charge in [-0.05, 0) is 42.5 Å². The Balaban J connectivity index is 1.42. The number of aromatic nitrogens is 5. The predicted molar refractivity (Wildman–Crippen MR) is 115 cm³/mol. The Morgan fingerprint density at radius 1 is 1.14 bits per heavy atom. The third-order valence-corrected chi connectivity index (χ3v) is 6.62. The van der Waals surface area contributed by atoms with Gasteiger partial charge in [0.15, 0.2) is 11.0 Å². The van der Waals surface area contributed by atoms with Crippen LogP contribution in [0.3, 0.4) is 0 Å². The van der Waals surface area contributed by atoms with Crippen LogP contribution in [0.25, 0.3) is 16.5 Å². The lowest BCUT2D eigenvalue weighted by molar-refractivity contribution is 0.426. The lowest BCUT2D eigenvalue weighted by Gasteiger charge is -2.18. The molecule has 0 aliphatic carbocycles. The van der Waals surface area contributed by atoms with Crippen LogP contribution in [0.2, 0.25) is 5.02 Å². The number of anilines is 1. The molecule has 0 saturated carbocycles. The number of benzene rings is 1. The second-order valence-corrected chi connectivity index (χ2v) is 8.90. The third-order valence-electron chi connectivity index (χ3n) is 4.60. The van der Waals surface area contributed by atoms with Gasteiger partial charge in [0.2, 0.25) is 5.95 Å². The Bertz CT molecular complexity index is 1100. The van der Waals surface area contributed by atoms with Crippen LogP contribution in [0.4, 0.5) is 5.95 Å². The number of rotatable bonds is 6. The summed E-state index contributed by atoms with van der Waals surface area (Å²) in [6, 6.07) is 11.7. The SMILES string of the molecule is Clc1cccc(-n2c(SCc3noc(-c4cccs4)n3)nnc2N2CCCC2)c1. The van der Waals surface area contributed by atoms with Gasteiger partial charge in [0.05, 0.1) is 16.3 Å². The highest BCUT2D eigenvalue weighted by Gasteiger charge is 2.23. The van der Waals surface area contributed by atoms with E-state index in [9.17, 15) is 0 Å². The largest absolute Gasteiger partial charge is 0.341 e. The van der Waals surface area contributed by atoms with E-state index in [4.69, 9.17) is 16.1 Å². The van der Waals surface area contributed by atoms with Crippen LogP contribution in [0.15, 0.2) is 51.5 Å². The van der Waals surface area contributed by atoms with Gasteiger partial charge in [0.1, 0.15) is 0 Å². The molecule has 7 nitrogen and oxygen atoms in total. The molecule has 3 aromatic heterocycles. The van der Waals surface area contributed by atoms with Gasteiger partial charge in [0.25, 0.3) is 5.89 Å². The minimum atomic E-state index is 0.535. The highest BCUT2D eigenvalue weighted by molar-refractivity contribution is 7.98. The zero-order valence-electron chi connectivity index (χ0n) is 15.4. The molecule has 1 aromatic carbocycles. The van der Waals surface area contributed by atoms with Crippen LogP contribution < -0.4 is 4.90 Å². The molecule has 0 radical (unpaired) electrons. The molecule has 0 N–H and O–H groups in total. The van der Waals surface area contributed by atoms with Gasteiger partial charge in [-0.1, -0.05) is 40.7 Å². The van der Waals surface area contributed by atoms with Crippen molar-refractivity contribution in [2.75, 3.05) is 18.0 Å². The van der Waals surface area contributed by atoms with Gasteiger partial charge < -0.3 is 9.42 Å². The smallest absolute Gasteiger partial charge is 0.268 e. The quantitative estimate of drug-likeness (QED) is 0.390. The highest BCUT2D eigenvalue weighted by atomic mass is 35.5. The molecule has 29 heavy (non-hydrogen) atoms. The van der Waals surface area contributed by atoms with E-state index in [0.29, 0.717) is 22.5 Å². The average Bonchev–Trinajstić information content (AvgIpc) is 3.53. The normalized spacial score (nSPS) is 14.0. The van der Waals surface area contributed by atoms with Crippen molar-refractivity contribution in [2.24, 2.45) is 0 Å². The first kappa shape index (κ1) is 18.7. The number of hydrogen-bond acceptors (Lipinski definition) is 8. The van der Waals surface area contributed by atoms with Gasteiger partial charge >= 0.3 is 0 Å². The first-order valence-electron chi connectivity index (χ1n) is 9.23. The van der Waals surface area contributed by atoms with E-state index in [-0.39, 0.29) is 0 Å². The lowest BCUT2D eigenvalue weighted by atomic mass is 10.3. The van der Waals surface area contributed by atoms with E-state index in [1.54, 1.807) is 11.3 Å². The Kier molecular flexibility index (Phi) is 5.26. The molecule has 0 atom stereocenters. The minimum Gasteiger partial charge on any atom is -0.341 e. The van der Waals surface area contributed by atoms with E-state index >= 15 is 0 Å². The molecule has 0 spiro atoms. The molecule has 4 aromatic rings. The van der Waals surface area contributed by atoms with Gasteiger partial charge in [-0.3, -0.25) is 4.57 Å². The first-order valence-corrected chi connectivity index (χ1v) is 11.5. The van der Waals surface area contributed by atoms with Crippen LogP contribution in [-0.2, 0) is 5.75 Å². The van der Waals surface area contributed by atoms with Crippen molar-refractivity contribution in [3.05, 3.63) is 52.6 Å². The summed E-state index contributed by atoms with van der Waals surface area (Å²) in [6.07, 6.45) is 2.33. The molecule has 1 aliphatic heterocycles. The zero-order valence-corrected chi connectivity index (χ0v) is 17.8. The molecule has 1 aliphatic rings. The molecule has 1 fully saturated rings. The van der Waals surface area contributed by atoms with Crippen LogP contribution in [0.5, 0.6) is 0 Å². The number of hydrogen-bond donors (Lipinski definition) is 0. The molecule has 1 saturated heterocycles. The van der Waals surface area contributed by atoms with E-state index < -0.39 is 0 Å². The fourth-order valence-corrected chi connectivity index (χ4v) is 4.88. The summed E-state index contributed by atoms with van der Waals surface area (Å²) in [5.74, 6) is 2.55. The predicted octanol–water partition coefficient (Wildman–Crippen LogP) is 4.92. The summed E-state index contributed by atoms with van der Waals surface area (Å²) in [5, 5.41) is 16.5. The maximum absolute atomic E-state index is 6.24. The molecule has 0 bridgehead atoms. The number of halogens is 1. The Labute approximate surface area is 180 Å². The maximum Gasteiger partial charge on any atom is 0.268 e. The summed E-state index contributed by atoms with van der Waals surface area (Å²) >= 11 is 9.35. The highest BCUT2D eigenvalue weighted by Crippen LogP contribution is 2.31. The van der Waals surface area contributed by atoms with Crippen LogP contribution in [0, 0.1) is 0 Å². The summed E-state index contributed by atoms with van der Waals surface area (Å²) in [4.78, 5) is 7.72. The monoisotopic (exact) mass is 444 g/mol. The average molecular weight is 445 g/mol. The minimum absolute atomic E-state index is 0.535. The van der Waals surface area contributed by atoms with Gasteiger partial charge in [-0.15, -0.1) is 21.5 Å². The van der Waals surface area contributed by atoms with Crippen molar-refractivity contribution in [3.63, 3.8) is 0 Å². The maximum atomic E-state index is 6.24. The van der Waals surface area contributed by atoms with E-state index in [0.717, 1.165) is 34.8 Å². The topological polar surface area (TPSA) is 72.9 Å². The second kappa shape index (κ2) is 8.17. The third kappa shape index (κ3) is 3.90. The Morgan fingerprint density at radius 3 is 2.83 bits per heavy atom. The van der Waals surface area contributed by atoms with Gasteiger partial charge in [0, 0.05) is 18.1 Å². The van der Waals surface area contributed by atoms with Crippen molar-refractivity contribution in [2.45, 2.75) is 23.8 Å². The van der Waals surface area contributed by atoms with Crippen LogP contribution in [-0.4, -0.2) is 38.0 Å². The Hall–Kier alpha value is -2.36. The van der Waals surface area contributed by atoms with Crippen molar-refractivity contribution in [3.8, 4) is 16.5 Å². The number of thiophene rings is 1. The first-order chi connectivity index (χ1) is 14.3. The number of nitrogens with zero attached hydrogens (tertiary/aromatic N) is 6. The van der Waals surface area contributed by atoms with E-state index in [1.807, 2.05) is 41.8 Å². The van der Waals surface area contributed by atoms with Gasteiger partial charge in [-0.2, -0.15) is 4.98 Å². The molecule has 148 valence electrons. The van der Waals surface area contributed by atoms with Crippen LogP contribution >= 0.6 is 34.7 Å². The molecule has 4 heterocycles. The fraction of sp³-hybridized carbons (Fsp3) is 0.263. The second-order valence-electron chi connectivity index (χ2n) is 6.57. The van der Waals surface area contributed by atoms with E-state index in [1.165, 1.54) is 24.6 Å². The van der Waals surface area contributed by atoms with Crippen molar-refractivity contribution < 1.29 is 4.52 Å². The van der Waals surface area contributed by atoms with Crippen molar-refractivity contribution in [1.82, 2.24) is 24.9 Å². The Morgan fingerprint density at radius 2 is 2.03 bits per heavy atom. The fourth-order valence-electron chi connectivity index (χ4n) is 3.26. The summed E-state index contributed by atoms with van der Waals surface area (Å²) in [5.41, 5.74) is 0.944. The lowest BCUT2D eigenvalue weighted by Crippen LogP contribution is -2.22. The molecular weight excluding hydrogens is 428 g/mol. The zero-order chi connectivity index (χ0) is 19.6. The van der Waals surface area contributed by atoms with Gasteiger partial charge in [-0.25, -0.2) is 0 Å². The summed E-state index contributed by atoms with van der Waals surface area (Å²) < 4.78 is 7.44. The molecule has 10 heteroatoms.